The predicted molar refractivity (Wildman–Crippen MR) is 97.8 cm³/mol. The fraction of sp³-hybridized carbons (Fsp3) is 0.579. The van der Waals surface area contributed by atoms with Crippen molar-refractivity contribution in [3.05, 3.63) is 35.4 Å². The van der Waals surface area contributed by atoms with Crippen LogP contribution in [0.5, 0.6) is 0 Å². The molecule has 0 unspecified atom stereocenters. The molecule has 1 fully saturated rings. The Bertz CT molecular complexity index is 602. The maximum Gasteiger partial charge on any atom is 0.410 e. The lowest BCUT2D eigenvalue weighted by Gasteiger charge is -2.35. The minimum Gasteiger partial charge on any atom is -0.444 e. The van der Waals surface area contributed by atoms with Crippen molar-refractivity contribution >= 4 is 12.0 Å². The maximum atomic E-state index is 12.1. The summed E-state index contributed by atoms with van der Waals surface area (Å²) in [7, 11) is 0. The smallest absolute Gasteiger partial charge is 0.410 e. The molecular formula is C19H29N3O3. The molecule has 0 saturated carbocycles. The topological polar surface area (TPSA) is 61.9 Å². The number of nitrogens with one attached hydrogen (secondary N) is 1. The molecule has 1 aromatic rings. The molecule has 0 bridgehead atoms. The third-order valence-electron chi connectivity index (χ3n) is 4.02. The van der Waals surface area contributed by atoms with Crippen LogP contribution in [0.1, 0.15) is 36.7 Å². The summed E-state index contributed by atoms with van der Waals surface area (Å²) in [5, 5.41) is 2.95. The van der Waals surface area contributed by atoms with Gasteiger partial charge in [0.05, 0.1) is 0 Å². The lowest BCUT2D eigenvalue weighted by atomic mass is 10.1. The highest BCUT2D eigenvalue weighted by Gasteiger charge is 2.25. The standard InChI is InChI=1S/C19H29N3O3/c1-15-6-5-7-16(14-15)17(23)20-8-9-21-10-12-22(13-11-21)18(24)25-19(2,3)4/h5-7,14H,8-13H2,1-4H3,(H,20,23). The molecule has 6 nitrogen and oxygen atoms in total. The van der Waals surface area contributed by atoms with E-state index in [0.29, 0.717) is 25.2 Å². The van der Waals surface area contributed by atoms with Crippen molar-refractivity contribution < 1.29 is 14.3 Å². The summed E-state index contributed by atoms with van der Waals surface area (Å²) in [4.78, 5) is 28.1. The monoisotopic (exact) mass is 347 g/mol. The molecule has 2 amide bonds. The number of piperazine rings is 1. The van der Waals surface area contributed by atoms with E-state index in [1.807, 2.05) is 52.0 Å². The van der Waals surface area contributed by atoms with Crippen LogP contribution < -0.4 is 5.32 Å². The van der Waals surface area contributed by atoms with Crippen LogP contribution in [0, 0.1) is 6.92 Å². The second-order valence-electron chi connectivity index (χ2n) is 7.43. The minimum absolute atomic E-state index is 0.0453. The summed E-state index contributed by atoms with van der Waals surface area (Å²) in [5.74, 6) is -0.0453. The summed E-state index contributed by atoms with van der Waals surface area (Å²) in [5.41, 5.74) is 1.30. The Morgan fingerprint density at radius 1 is 1.16 bits per heavy atom. The van der Waals surface area contributed by atoms with Crippen LogP contribution >= 0.6 is 0 Å². The van der Waals surface area contributed by atoms with Gasteiger partial charge in [-0.25, -0.2) is 4.79 Å². The first kappa shape index (κ1) is 19.2. The van der Waals surface area contributed by atoms with Crippen molar-refractivity contribution in [1.82, 2.24) is 15.1 Å². The molecule has 2 rings (SSSR count). The van der Waals surface area contributed by atoms with Gasteiger partial charge < -0.3 is 15.0 Å². The fourth-order valence-electron chi connectivity index (χ4n) is 2.70. The van der Waals surface area contributed by atoms with Crippen LogP contribution in [0.2, 0.25) is 0 Å². The quantitative estimate of drug-likeness (QED) is 0.908. The Hall–Kier alpha value is -2.08. The van der Waals surface area contributed by atoms with Gasteiger partial charge in [-0.15, -0.1) is 0 Å². The van der Waals surface area contributed by atoms with Crippen molar-refractivity contribution in [3.63, 3.8) is 0 Å². The molecule has 0 aromatic heterocycles. The van der Waals surface area contributed by atoms with E-state index in [9.17, 15) is 9.59 Å². The van der Waals surface area contributed by atoms with E-state index in [4.69, 9.17) is 4.74 Å². The average Bonchev–Trinajstić information content (AvgIpc) is 2.53. The number of ether oxygens (including phenoxy) is 1. The molecule has 138 valence electrons. The normalized spacial score (nSPS) is 15.8. The largest absolute Gasteiger partial charge is 0.444 e. The average molecular weight is 347 g/mol. The SMILES string of the molecule is Cc1cccc(C(=O)NCCN2CCN(C(=O)OC(C)(C)C)CC2)c1. The molecule has 1 heterocycles. The Morgan fingerprint density at radius 3 is 2.44 bits per heavy atom. The number of benzene rings is 1. The molecule has 0 radical (unpaired) electrons. The first-order valence-corrected chi connectivity index (χ1v) is 8.80. The van der Waals surface area contributed by atoms with Gasteiger partial charge in [-0.05, 0) is 39.8 Å². The number of hydrogen-bond donors (Lipinski definition) is 1. The summed E-state index contributed by atoms with van der Waals surface area (Å²) in [6, 6.07) is 7.57. The summed E-state index contributed by atoms with van der Waals surface area (Å²) in [6.07, 6.45) is -0.250. The van der Waals surface area contributed by atoms with Crippen LogP contribution in [0.25, 0.3) is 0 Å². The first-order chi connectivity index (χ1) is 11.7. The first-order valence-electron chi connectivity index (χ1n) is 8.80. The van der Waals surface area contributed by atoms with Gasteiger partial charge in [-0.3, -0.25) is 9.69 Å². The maximum absolute atomic E-state index is 12.1. The van der Waals surface area contributed by atoms with Gasteiger partial charge in [-0.1, -0.05) is 17.7 Å². The fourth-order valence-corrected chi connectivity index (χ4v) is 2.70. The van der Waals surface area contributed by atoms with E-state index in [2.05, 4.69) is 10.2 Å². The van der Waals surface area contributed by atoms with Gasteiger partial charge >= 0.3 is 6.09 Å². The van der Waals surface area contributed by atoms with Crippen molar-refractivity contribution in [3.8, 4) is 0 Å². The number of amides is 2. The number of carbonyl (C=O) groups is 2. The number of rotatable bonds is 4. The van der Waals surface area contributed by atoms with E-state index in [1.165, 1.54) is 0 Å². The number of carbonyl (C=O) groups excluding carboxylic acids is 2. The van der Waals surface area contributed by atoms with Gasteiger partial charge in [-0.2, -0.15) is 0 Å². The number of hydrogen-bond acceptors (Lipinski definition) is 4. The van der Waals surface area contributed by atoms with Crippen molar-refractivity contribution in [1.29, 1.82) is 0 Å². The van der Waals surface area contributed by atoms with Crippen LogP contribution in [0.15, 0.2) is 24.3 Å². The second-order valence-corrected chi connectivity index (χ2v) is 7.43. The molecule has 0 aliphatic carbocycles. The highest BCUT2D eigenvalue weighted by molar-refractivity contribution is 5.94. The molecule has 1 saturated heterocycles. The van der Waals surface area contributed by atoms with Crippen LogP contribution in [-0.2, 0) is 4.74 Å². The van der Waals surface area contributed by atoms with Crippen molar-refractivity contribution in [2.75, 3.05) is 39.3 Å². The summed E-state index contributed by atoms with van der Waals surface area (Å²) < 4.78 is 5.40. The zero-order valence-corrected chi connectivity index (χ0v) is 15.7. The lowest BCUT2D eigenvalue weighted by molar-refractivity contribution is 0.0147. The Balaban J connectivity index is 1.69. The van der Waals surface area contributed by atoms with Crippen molar-refractivity contribution in [2.45, 2.75) is 33.3 Å². The molecule has 1 aromatic carbocycles. The van der Waals surface area contributed by atoms with E-state index in [0.717, 1.165) is 25.2 Å². The Morgan fingerprint density at radius 2 is 1.84 bits per heavy atom. The summed E-state index contributed by atoms with van der Waals surface area (Å²) >= 11 is 0. The number of nitrogens with zero attached hydrogens (tertiary/aromatic N) is 2. The predicted octanol–water partition coefficient (Wildman–Crippen LogP) is 2.28. The van der Waals surface area contributed by atoms with Gasteiger partial charge in [0, 0.05) is 44.8 Å². The highest BCUT2D eigenvalue weighted by Crippen LogP contribution is 2.11. The third kappa shape index (κ3) is 6.38. The zero-order valence-electron chi connectivity index (χ0n) is 15.7. The zero-order chi connectivity index (χ0) is 18.4. The van der Waals surface area contributed by atoms with Gasteiger partial charge in [0.1, 0.15) is 5.60 Å². The molecule has 1 N–H and O–H groups in total. The highest BCUT2D eigenvalue weighted by atomic mass is 16.6. The molecule has 25 heavy (non-hydrogen) atoms. The lowest BCUT2D eigenvalue weighted by Crippen LogP contribution is -2.51. The Labute approximate surface area is 150 Å². The van der Waals surface area contributed by atoms with E-state index in [-0.39, 0.29) is 12.0 Å². The van der Waals surface area contributed by atoms with Crippen LogP contribution in [0.4, 0.5) is 4.79 Å². The van der Waals surface area contributed by atoms with Crippen LogP contribution in [0.3, 0.4) is 0 Å². The second kappa shape index (κ2) is 8.34. The third-order valence-corrected chi connectivity index (χ3v) is 4.02. The number of aryl methyl sites for hydroxylation is 1. The van der Waals surface area contributed by atoms with Gasteiger partial charge in [0.2, 0.25) is 0 Å². The summed E-state index contributed by atoms with van der Waals surface area (Å²) in [6.45, 7) is 11.9. The van der Waals surface area contributed by atoms with E-state index >= 15 is 0 Å². The van der Waals surface area contributed by atoms with Gasteiger partial charge in [0.25, 0.3) is 5.91 Å². The molecule has 0 atom stereocenters. The van der Waals surface area contributed by atoms with Gasteiger partial charge in [0.15, 0.2) is 0 Å². The van der Waals surface area contributed by atoms with Crippen LogP contribution in [-0.4, -0.2) is 66.7 Å². The molecule has 1 aliphatic heterocycles. The van der Waals surface area contributed by atoms with Crippen molar-refractivity contribution in [2.24, 2.45) is 0 Å². The molecule has 0 spiro atoms. The minimum atomic E-state index is -0.464. The van der Waals surface area contributed by atoms with E-state index in [1.54, 1.807) is 4.90 Å². The Kier molecular flexibility index (Phi) is 6.42. The molecule has 6 heteroatoms. The molecular weight excluding hydrogens is 318 g/mol. The molecule has 1 aliphatic rings. The van der Waals surface area contributed by atoms with E-state index < -0.39 is 5.60 Å².